The topological polar surface area (TPSA) is 52.9 Å². The maximum absolute atomic E-state index is 12.9. The zero-order valence-corrected chi connectivity index (χ0v) is 18.7. The minimum atomic E-state index is -4.54. The first-order chi connectivity index (χ1) is 15.2. The van der Waals surface area contributed by atoms with E-state index >= 15 is 0 Å². The second-order valence-corrected chi connectivity index (χ2v) is 8.08. The first-order valence-electron chi connectivity index (χ1n) is 9.29. The van der Waals surface area contributed by atoms with Crippen LogP contribution in [0.5, 0.6) is 0 Å². The van der Waals surface area contributed by atoms with Crippen LogP contribution in [0.1, 0.15) is 22.3 Å². The minimum Gasteiger partial charge on any atom is -0.321 e. The third-order valence-corrected chi connectivity index (χ3v) is 5.67. The molecule has 0 aliphatic heterocycles. The molecule has 162 valence electrons. The van der Waals surface area contributed by atoms with Gasteiger partial charge in [-0.1, -0.05) is 63.9 Å². The van der Waals surface area contributed by atoms with Gasteiger partial charge in [-0.05, 0) is 53.1 Å². The number of alkyl halides is 3. The monoisotopic (exact) mass is 518 g/mol. The van der Waals surface area contributed by atoms with Gasteiger partial charge in [-0.3, -0.25) is 4.79 Å². The molecule has 0 atom stereocenters. The summed E-state index contributed by atoms with van der Waals surface area (Å²) < 4.78 is 39.5. The number of carbonyl (C=O) groups excluding carboxylic acids is 1. The number of nitrogens with one attached hydrogen (secondary N) is 1. The zero-order chi connectivity index (χ0) is 23.3. The van der Waals surface area contributed by atoms with E-state index in [4.69, 9.17) is 11.6 Å². The molecule has 1 amide bonds. The Bertz CT molecular complexity index is 1230. The predicted molar refractivity (Wildman–Crippen MR) is 122 cm³/mol. The number of benzene rings is 3. The summed E-state index contributed by atoms with van der Waals surface area (Å²) in [6, 6.07) is 18.9. The highest BCUT2D eigenvalue weighted by molar-refractivity contribution is 9.10. The number of hydrogen-bond acceptors (Lipinski definition) is 2. The summed E-state index contributed by atoms with van der Waals surface area (Å²) in [5.74, 6) is -0.819. The molecule has 32 heavy (non-hydrogen) atoms. The Morgan fingerprint density at radius 3 is 2.47 bits per heavy atom. The van der Waals surface area contributed by atoms with Crippen LogP contribution in [-0.4, -0.2) is 5.91 Å². The third-order valence-electron chi connectivity index (χ3n) is 4.54. The molecule has 1 N–H and O–H groups in total. The Hall–Kier alpha value is -3.08. The van der Waals surface area contributed by atoms with Crippen molar-refractivity contribution in [2.45, 2.75) is 12.6 Å². The molecule has 0 aromatic heterocycles. The van der Waals surface area contributed by atoms with E-state index in [2.05, 4.69) is 21.2 Å². The molecule has 0 fully saturated rings. The molecule has 0 aliphatic carbocycles. The number of anilines is 1. The van der Waals surface area contributed by atoms with Crippen LogP contribution < -0.4 is 5.32 Å². The minimum absolute atomic E-state index is 0.0622. The van der Waals surface area contributed by atoms with Crippen molar-refractivity contribution in [2.24, 2.45) is 0 Å². The standard InChI is InChI=1S/C24H15BrClF3N2O/c25-21-7-2-1-4-16(21)12-17-9-8-15(11-22(17)26)10-18(14-30)23(32)31-20-6-3-5-19(13-20)24(27,28)29/h1-11,13H,12H2,(H,31,32)/b18-10+. The number of halogens is 5. The SMILES string of the molecule is N#C/C(=C\c1ccc(Cc2ccccc2Br)c(Cl)c1)C(=O)Nc1cccc(C(F)(F)F)c1. The Morgan fingerprint density at radius 1 is 1.06 bits per heavy atom. The Kier molecular flexibility index (Phi) is 7.39. The van der Waals surface area contributed by atoms with Crippen molar-refractivity contribution in [1.29, 1.82) is 5.26 Å². The lowest BCUT2D eigenvalue weighted by Gasteiger charge is -2.10. The summed E-state index contributed by atoms with van der Waals surface area (Å²) in [7, 11) is 0. The van der Waals surface area contributed by atoms with Gasteiger partial charge < -0.3 is 5.32 Å². The van der Waals surface area contributed by atoms with Gasteiger partial charge in [-0.15, -0.1) is 0 Å². The quantitative estimate of drug-likeness (QED) is 0.285. The van der Waals surface area contributed by atoms with Crippen LogP contribution in [0.3, 0.4) is 0 Å². The Labute approximate surface area is 196 Å². The average molecular weight is 520 g/mol. The van der Waals surface area contributed by atoms with Crippen LogP contribution >= 0.6 is 27.5 Å². The van der Waals surface area contributed by atoms with Gasteiger partial charge in [0.15, 0.2) is 0 Å². The van der Waals surface area contributed by atoms with Crippen LogP contribution in [0.25, 0.3) is 6.08 Å². The molecule has 0 heterocycles. The molecule has 0 spiro atoms. The molecule has 0 radical (unpaired) electrons. The van der Waals surface area contributed by atoms with Gasteiger partial charge >= 0.3 is 6.18 Å². The van der Waals surface area contributed by atoms with Gasteiger partial charge in [0.1, 0.15) is 11.6 Å². The summed E-state index contributed by atoms with van der Waals surface area (Å²) in [5, 5.41) is 12.2. The number of rotatable bonds is 5. The average Bonchev–Trinajstić information content (AvgIpc) is 2.74. The summed E-state index contributed by atoms with van der Waals surface area (Å²) >= 11 is 9.89. The fraction of sp³-hybridized carbons (Fsp3) is 0.0833. The van der Waals surface area contributed by atoms with E-state index in [1.54, 1.807) is 24.3 Å². The van der Waals surface area contributed by atoms with E-state index in [-0.39, 0.29) is 11.3 Å². The summed E-state index contributed by atoms with van der Waals surface area (Å²) in [6.07, 6.45) is -2.62. The summed E-state index contributed by atoms with van der Waals surface area (Å²) in [6.45, 7) is 0. The molecule has 0 saturated carbocycles. The van der Waals surface area contributed by atoms with Gasteiger partial charge in [0.25, 0.3) is 5.91 Å². The zero-order valence-electron chi connectivity index (χ0n) is 16.4. The molecule has 0 bridgehead atoms. The highest BCUT2D eigenvalue weighted by Gasteiger charge is 2.30. The molecular formula is C24H15BrClF3N2O. The van der Waals surface area contributed by atoms with E-state index < -0.39 is 17.6 Å². The van der Waals surface area contributed by atoms with Crippen LogP contribution in [0.2, 0.25) is 5.02 Å². The fourth-order valence-electron chi connectivity index (χ4n) is 2.93. The lowest BCUT2D eigenvalue weighted by Crippen LogP contribution is -2.14. The molecule has 0 aliphatic rings. The van der Waals surface area contributed by atoms with E-state index in [0.29, 0.717) is 17.0 Å². The summed E-state index contributed by atoms with van der Waals surface area (Å²) in [5.41, 5.74) is 1.20. The van der Waals surface area contributed by atoms with E-state index in [0.717, 1.165) is 27.7 Å². The van der Waals surface area contributed by atoms with Gasteiger partial charge in [0, 0.05) is 21.6 Å². The third kappa shape index (κ3) is 6.00. The Morgan fingerprint density at radius 2 is 1.81 bits per heavy atom. The lowest BCUT2D eigenvalue weighted by atomic mass is 10.0. The van der Waals surface area contributed by atoms with Crippen molar-refractivity contribution >= 4 is 45.2 Å². The van der Waals surface area contributed by atoms with Crippen molar-refractivity contribution < 1.29 is 18.0 Å². The highest BCUT2D eigenvalue weighted by Crippen LogP contribution is 2.31. The van der Waals surface area contributed by atoms with Crippen molar-refractivity contribution in [3.63, 3.8) is 0 Å². The van der Waals surface area contributed by atoms with E-state index in [1.807, 2.05) is 24.3 Å². The maximum Gasteiger partial charge on any atom is 0.416 e. The molecule has 3 nitrogen and oxygen atoms in total. The molecule has 0 unspecified atom stereocenters. The number of carbonyl (C=O) groups is 1. The lowest BCUT2D eigenvalue weighted by molar-refractivity contribution is -0.137. The molecule has 8 heteroatoms. The number of amides is 1. The molecular weight excluding hydrogens is 505 g/mol. The van der Waals surface area contributed by atoms with Crippen molar-refractivity contribution in [2.75, 3.05) is 5.32 Å². The summed E-state index contributed by atoms with van der Waals surface area (Å²) in [4.78, 5) is 12.4. The largest absolute Gasteiger partial charge is 0.416 e. The van der Waals surface area contributed by atoms with E-state index in [1.165, 1.54) is 18.2 Å². The molecule has 3 aromatic rings. The number of nitrogens with zero attached hydrogens (tertiary/aromatic N) is 1. The van der Waals surface area contributed by atoms with Crippen LogP contribution in [-0.2, 0) is 17.4 Å². The predicted octanol–water partition coefficient (Wildman–Crippen LogP) is 7.26. The second-order valence-electron chi connectivity index (χ2n) is 6.82. The van der Waals surface area contributed by atoms with E-state index in [9.17, 15) is 23.2 Å². The van der Waals surface area contributed by atoms with Gasteiger partial charge in [-0.2, -0.15) is 18.4 Å². The first kappa shape index (κ1) is 23.6. The van der Waals surface area contributed by atoms with Crippen LogP contribution in [0.15, 0.2) is 76.8 Å². The van der Waals surface area contributed by atoms with Crippen LogP contribution in [0, 0.1) is 11.3 Å². The molecule has 3 rings (SSSR count). The number of nitriles is 1. The maximum atomic E-state index is 12.9. The van der Waals surface area contributed by atoms with Gasteiger partial charge in [0.05, 0.1) is 5.56 Å². The second kappa shape index (κ2) is 10.0. The van der Waals surface area contributed by atoms with Gasteiger partial charge in [-0.25, -0.2) is 0 Å². The molecule has 0 saturated heterocycles. The van der Waals surface area contributed by atoms with Crippen molar-refractivity contribution in [3.8, 4) is 6.07 Å². The smallest absolute Gasteiger partial charge is 0.321 e. The fourth-order valence-corrected chi connectivity index (χ4v) is 3.61. The van der Waals surface area contributed by atoms with Crippen molar-refractivity contribution in [1.82, 2.24) is 0 Å². The highest BCUT2D eigenvalue weighted by atomic mass is 79.9. The van der Waals surface area contributed by atoms with Crippen molar-refractivity contribution in [3.05, 3.63) is 104 Å². The van der Waals surface area contributed by atoms with Crippen LogP contribution in [0.4, 0.5) is 18.9 Å². The van der Waals surface area contributed by atoms with Gasteiger partial charge in [0.2, 0.25) is 0 Å². The first-order valence-corrected chi connectivity index (χ1v) is 10.5. The Balaban J connectivity index is 1.79. The normalized spacial score (nSPS) is 11.7. The number of hydrogen-bond donors (Lipinski definition) is 1. The molecule has 3 aromatic carbocycles.